The van der Waals surface area contributed by atoms with Gasteiger partial charge in [-0.05, 0) is 37.5 Å². The maximum Gasteiger partial charge on any atom is 0.123 e. The highest BCUT2D eigenvalue weighted by atomic mass is 35.5. The molecule has 0 amide bonds. The Balaban J connectivity index is 2.79. The van der Waals surface area contributed by atoms with Gasteiger partial charge in [0.15, 0.2) is 0 Å². The summed E-state index contributed by atoms with van der Waals surface area (Å²) in [7, 11) is 0. The summed E-state index contributed by atoms with van der Waals surface area (Å²) in [5, 5.41) is 0. The SMILES string of the molecule is CCOCCCC(CCl)(CCl)c1cccc(F)c1. The van der Waals surface area contributed by atoms with E-state index in [0.717, 1.165) is 18.4 Å². The fourth-order valence-electron chi connectivity index (χ4n) is 1.94. The van der Waals surface area contributed by atoms with Crippen LogP contribution in [0.1, 0.15) is 25.3 Å². The van der Waals surface area contributed by atoms with Gasteiger partial charge in [0.25, 0.3) is 0 Å². The number of rotatable bonds is 8. The number of halogens is 3. The number of hydrogen-bond donors (Lipinski definition) is 0. The van der Waals surface area contributed by atoms with Gasteiger partial charge in [-0.3, -0.25) is 0 Å². The molecule has 0 saturated heterocycles. The molecule has 0 N–H and O–H groups in total. The Kier molecular flexibility index (Phi) is 6.98. The zero-order valence-corrected chi connectivity index (χ0v) is 12.1. The van der Waals surface area contributed by atoms with Crippen LogP contribution in [0.5, 0.6) is 0 Å². The van der Waals surface area contributed by atoms with Gasteiger partial charge < -0.3 is 4.74 Å². The van der Waals surface area contributed by atoms with Gasteiger partial charge >= 0.3 is 0 Å². The normalized spacial score (nSPS) is 11.8. The zero-order valence-electron chi connectivity index (χ0n) is 10.6. The van der Waals surface area contributed by atoms with E-state index in [1.165, 1.54) is 12.1 Å². The van der Waals surface area contributed by atoms with Crippen molar-refractivity contribution in [1.82, 2.24) is 0 Å². The third-order valence-electron chi connectivity index (χ3n) is 3.10. The summed E-state index contributed by atoms with van der Waals surface area (Å²) in [4.78, 5) is 0. The smallest absolute Gasteiger partial charge is 0.123 e. The molecule has 1 aromatic rings. The Morgan fingerprint density at radius 3 is 2.56 bits per heavy atom. The van der Waals surface area contributed by atoms with Crippen molar-refractivity contribution in [2.24, 2.45) is 0 Å². The van der Waals surface area contributed by atoms with E-state index in [4.69, 9.17) is 27.9 Å². The summed E-state index contributed by atoms with van der Waals surface area (Å²) in [6.07, 6.45) is 1.66. The van der Waals surface area contributed by atoms with Crippen LogP contribution in [0.3, 0.4) is 0 Å². The second kappa shape index (κ2) is 7.98. The van der Waals surface area contributed by atoms with Crippen molar-refractivity contribution in [3.05, 3.63) is 35.6 Å². The summed E-state index contributed by atoms with van der Waals surface area (Å²) in [6, 6.07) is 6.53. The van der Waals surface area contributed by atoms with E-state index >= 15 is 0 Å². The summed E-state index contributed by atoms with van der Waals surface area (Å²) in [5.41, 5.74) is 0.492. The standard InChI is InChI=1S/C14H19Cl2FO/c1-2-18-8-4-7-14(10-15,11-16)12-5-3-6-13(17)9-12/h3,5-6,9H,2,4,7-8,10-11H2,1H3. The molecule has 0 radical (unpaired) electrons. The van der Waals surface area contributed by atoms with Crippen molar-refractivity contribution >= 4 is 23.2 Å². The molecule has 18 heavy (non-hydrogen) atoms. The molecule has 1 nitrogen and oxygen atoms in total. The van der Waals surface area contributed by atoms with Crippen LogP contribution in [0, 0.1) is 5.82 Å². The molecule has 102 valence electrons. The van der Waals surface area contributed by atoms with Gasteiger partial charge in [0.2, 0.25) is 0 Å². The van der Waals surface area contributed by atoms with Crippen LogP contribution in [0.15, 0.2) is 24.3 Å². The molecule has 0 aliphatic heterocycles. The fourth-order valence-corrected chi connectivity index (χ4v) is 2.80. The maximum absolute atomic E-state index is 13.3. The van der Waals surface area contributed by atoms with E-state index in [-0.39, 0.29) is 11.2 Å². The summed E-state index contributed by atoms with van der Waals surface area (Å²) in [5.74, 6) is 0.509. The molecule has 0 aliphatic rings. The molecule has 4 heteroatoms. The van der Waals surface area contributed by atoms with Crippen LogP contribution in [0.4, 0.5) is 4.39 Å². The third-order valence-corrected chi connectivity index (χ3v) is 4.12. The van der Waals surface area contributed by atoms with Gasteiger partial charge in [0.05, 0.1) is 0 Å². The maximum atomic E-state index is 13.3. The lowest BCUT2D eigenvalue weighted by Crippen LogP contribution is -2.31. The molecule has 0 unspecified atom stereocenters. The second-order valence-electron chi connectivity index (χ2n) is 4.36. The first-order valence-electron chi connectivity index (χ1n) is 6.14. The van der Waals surface area contributed by atoms with E-state index in [2.05, 4.69) is 0 Å². The summed E-state index contributed by atoms with van der Waals surface area (Å²) < 4.78 is 18.6. The molecular formula is C14H19Cl2FO. The molecular weight excluding hydrogens is 274 g/mol. The molecule has 0 bridgehead atoms. The van der Waals surface area contributed by atoms with Crippen LogP contribution in [0.25, 0.3) is 0 Å². The van der Waals surface area contributed by atoms with Crippen molar-refractivity contribution in [1.29, 1.82) is 0 Å². The van der Waals surface area contributed by atoms with E-state index in [0.29, 0.717) is 25.0 Å². The lowest BCUT2D eigenvalue weighted by molar-refractivity contribution is 0.139. The Labute approximate surface area is 118 Å². The number of alkyl halides is 2. The largest absolute Gasteiger partial charge is 0.382 e. The lowest BCUT2D eigenvalue weighted by atomic mass is 9.80. The predicted octanol–water partition coefficient (Wildman–Crippen LogP) is 4.36. The van der Waals surface area contributed by atoms with Gasteiger partial charge in [0.1, 0.15) is 5.82 Å². The van der Waals surface area contributed by atoms with Crippen molar-refractivity contribution in [3.8, 4) is 0 Å². The van der Waals surface area contributed by atoms with Gasteiger partial charge in [-0.25, -0.2) is 4.39 Å². The van der Waals surface area contributed by atoms with Crippen LogP contribution < -0.4 is 0 Å². The van der Waals surface area contributed by atoms with Gasteiger partial charge in [0, 0.05) is 30.4 Å². The zero-order chi connectivity index (χ0) is 13.4. The number of hydrogen-bond acceptors (Lipinski definition) is 1. The molecule has 0 saturated carbocycles. The number of ether oxygens (including phenoxy) is 1. The average Bonchev–Trinajstić information content (AvgIpc) is 2.40. The molecule has 0 heterocycles. The summed E-state index contributed by atoms with van der Waals surface area (Å²) in [6.45, 7) is 3.35. The van der Waals surface area contributed by atoms with Crippen LogP contribution in [-0.4, -0.2) is 25.0 Å². The molecule has 0 atom stereocenters. The Bertz CT molecular complexity index is 353. The minimum Gasteiger partial charge on any atom is -0.382 e. The first-order chi connectivity index (χ1) is 8.68. The molecule has 0 spiro atoms. The molecule has 0 aromatic heterocycles. The first kappa shape index (κ1) is 15.7. The highest BCUT2D eigenvalue weighted by molar-refractivity contribution is 6.22. The molecule has 1 aromatic carbocycles. The average molecular weight is 293 g/mol. The van der Waals surface area contributed by atoms with Crippen molar-refractivity contribution < 1.29 is 9.13 Å². The minimum atomic E-state index is -0.373. The van der Waals surface area contributed by atoms with Gasteiger partial charge in [-0.1, -0.05) is 12.1 Å². The Morgan fingerprint density at radius 1 is 1.28 bits per heavy atom. The monoisotopic (exact) mass is 292 g/mol. The number of benzene rings is 1. The van der Waals surface area contributed by atoms with E-state index in [1.54, 1.807) is 6.07 Å². The van der Waals surface area contributed by atoms with Crippen molar-refractivity contribution in [3.63, 3.8) is 0 Å². The lowest BCUT2D eigenvalue weighted by Gasteiger charge is -2.30. The highest BCUT2D eigenvalue weighted by Gasteiger charge is 2.30. The van der Waals surface area contributed by atoms with Crippen LogP contribution in [0.2, 0.25) is 0 Å². The third kappa shape index (κ3) is 4.11. The topological polar surface area (TPSA) is 9.23 Å². The van der Waals surface area contributed by atoms with E-state index < -0.39 is 0 Å². The van der Waals surface area contributed by atoms with Gasteiger partial charge in [-0.15, -0.1) is 23.2 Å². The van der Waals surface area contributed by atoms with E-state index in [9.17, 15) is 4.39 Å². The van der Waals surface area contributed by atoms with Gasteiger partial charge in [-0.2, -0.15) is 0 Å². The first-order valence-corrected chi connectivity index (χ1v) is 7.21. The predicted molar refractivity (Wildman–Crippen MR) is 75.2 cm³/mol. The summed E-state index contributed by atoms with van der Waals surface area (Å²) >= 11 is 12.2. The van der Waals surface area contributed by atoms with E-state index in [1.807, 2.05) is 13.0 Å². The minimum absolute atomic E-state index is 0.253. The Hall–Kier alpha value is -0.310. The van der Waals surface area contributed by atoms with Crippen LogP contribution >= 0.6 is 23.2 Å². The second-order valence-corrected chi connectivity index (χ2v) is 4.89. The molecule has 1 rings (SSSR count). The van der Waals surface area contributed by atoms with Crippen molar-refractivity contribution in [2.45, 2.75) is 25.2 Å². The fraction of sp³-hybridized carbons (Fsp3) is 0.571. The van der Waals surface area contributed by atoms with Crippen molar-refractivity contribution in [2.75, 3.05) is 25.0 Å². The quantitative estimate of drug-likeness (QED) is 0.511. The van der Waals surface area contributed by atoms with Crippen LogP contribution in [-0.2, 0) is 10.2 Å². The highest BCUT2D eigenvalue weighted by Crippen LogP contribution is 2.32. The molecule has 0 aliphatic carbocycles. The molecule has 0 fully saturated rings. The Morgan fingerprint density at radius 2 is 2.00 bits per heavy atom.